The van der Waals surface area contributed by atoms with Crippen LogP contribution in [0.5, 0.6) is 0 Å². The molecule has 0 bridgehead atoms. The Balaban J connectivity index is 2.03. The van der Waals surface area contributed by atoms with Crippen LogP contribution in [0.25, 0.3) is 0 Å². The molecule has 2 rings (SSSR count). The second-order valence-electron chi connectivity index (χ2n) is 3.59. The molecule has 2 aromatic heterocycles. The second kappa shape index (κ2) is 4.49. The minimum Gasteiger partial charge on any atom is -0.330 e. The molecule has 1 amide bonds. The first-order chi connectivity index (χ1) is 7.66. The Morgan fingerprint density at radius 2 is 2.38 bits per heavy atom. The third-order valence-corrected chi connectivity index (χ3v) is 3.45. The molecular formula is C11H13N3OS. The van der Waals surface area contributed by atoms with Crippen LogP contribution in [-0.4, -0.2) is 15.6 Å². The topological polar surface area (TPSA) is 46.9 Å². The van der Waals surface area contributed by atoms with Gasteiger partial charge < -0.3 is 5.32 Å². The summed E-state index contributed by atoms with van der Waals surface area (Å²) in [5.74, 6) is 0. The Morgan fingerprint density at radius 1 is 1.56 bits per heavy atom. The lowest BCUT2D eigenvalue weighted by atomic mass is 10.3. The van der Waals surface area contributed by atoms with Crippen LogP contribution in [0.15, 0.2) is 30.9 Å². The van der Waals surface area contributed by atoms with E-state index in [1.807, 2.05) is 13.0 Å². The van der Waals surface area contributed by atoms with Gasteiger partial charge >= 0.3 is 6.03 Å². The third-order valence-electron chi connectivity index (χ3n) is 2.27. The van der Waals surface area contributed by atoms with Gasteiger partial charge in [0.05, 0.1) is 6.04 Å². The van der Waals surface area contributed by atoms with E-state index in [9.17, 15) is 4.79 Å². The maximum Gasteiger partial charge on any atom is 0.327 e. The quantitative estimate of drug-likeness (QED) is 0.869. The summed E-state index contributed by atoms with van der Waals surface area (Å²) in [6.07, 6.45) is 4.70. The van der Waals surface area contributed by atoms with Crippen LogP contribution in [0.1, 0.15) is 22.7 Å². The van der Waals surface area contributed by atoms with Gasteiger partial charge in [0.25, 0.3) is 0 Å². The summed E-state index contributed by atoms with van der Waals surface area (Å²) in [6.45, 7) is 4.03. The number of carbonyl (C=O) groups is 1. The van der Waals surface area contributed by atoms with Gasteiger partial charge in [-0.05, 0) is 26.0 Å². The van der Waals surface area contributed by atoms with Crippen molar-refractivity contribution in [3.63, 3.8) is 0 Å². The van der Waals surface area contributed by atoms with Crippen molar-refractivity contribution in [2.45, 2.75) is 19.9 Å². The van der Waals surface area contributed by atoms with Gasteiger partial charge in [-0.1, -0.05) is 0 Å². The number of imidazole rings is 1. The van der Waals surface area contributed by atoms with Crippen molar-refractivity contribution in [1.82, 2.24) is 14.9 Å². The largest absolute Gasteiger partial charge is 0.330 e. The number of amides is 1. The van der Waals surface area contributed by atoms with Crippen molar-refractivity contribution in [3.05, 3.63) is 40.6 Å². The van der Waals surface area contributed by atoms with E-state index in [2.05, 4.69) is 23.3 Å². The number of aromatic nitrogens is 2. The predicted molar refractivity (Wildman–Crippen MR) is 63.6 cm³/mol. The van der Waals surface area contributed by atoms with Crippen molar-refractivity contribution in [2.24, 2.45) is 0 Å². The summed E-state index contributed by atoms with van der Waals surface area (Å²) in [5.41, 5.74) is 0. The van der Waals surface area contributed by atoms with E-state index in [1.165, 1.54) is 15.8 Å². The van der Waals surface area contributed by atoms with Gasteiger partial charge in [-0.3, -0.25) is 4.57 Å². The highest BCUT2D eigenvalue weighted by atomic mass is 32.1. The molecule has 0 aliphatic carbocycles. The van der Waals surface area contributed by atoms with Crippen molar-refractivity contribution < 1.29 is 4.79 Å². The number of hydrogen-bond acceptors (Lipinski definition) is 3. The number of nitrogens with one attached hydrogen (secondary N) is 1. The Bertz CT molecular complexity index is 475. The average molecular weight is 235 g/mol. The van der Waals surface area contributed by atoms with Crippen LogP contribution in [-0.2, 0) is 0 Å². The maximum absolute atomic E-state index is 11.7. The Hall–Kier alpha value is -1.62. The molecule has 0 spiro atoms. The first-order valence-corrected chi connectivity index (χ1v) is 5.83. The smallest absolute Gasteiger partial charge is 0.327 e. The van der Waals surface area contributed by atoms with Crippen LogP contribution < -0.4 is 5.32 Å². The molecule has 4 nitrogen and oxygen atoms in total. The van der Waals surface area contributed by atoms with Gasteiger partial charge in [-0.15, -0.1) is 11.3 Å². The molecule has 5 heteroatoms. The number of carbonyl (C=O) groups excluding carboxylic acids is 1. The highest BCUT2D eigenvalue weighted by Crippen LogP contribution is 2.22. The van der Waals surface area contributed by atoms with E-state index in [1.54, 1.807) is 23.7 Å². The zero-order chi connectivity index (χ0) is 11.5. The van der Waals surface area contributed by atoms with E-state index in [4.69, 9.17) is 0 Å². The Labute approximate surface area is 97.9 Å². The molecule has 16 heavy (non-hydrogen) atoms. The molecule has 0 fully saturated rings. The fourth-order valence-corrected chi connectivity index (χ4v) is 2.28. The number of rotatable bonds is 2. The SMILES string of the molecule is Cc1ccc(C(C)NC(=O)n2ccnc2)s1. The maximum atomic E-state index is 11.7. The van der Waals surface area contributed by atoms with E-state index in [0.717, 1.165) is 4.88 Å². The monoisotopic (exact) mass is 235 g/mol. The summed E-state index contributed by atoms with van der Waals surface area (Å²) in [5, 5.41) is 2.91. The number of nitrogens with zero attached hydrogens (tertiary/aromatic N) is 2. The molecular weight excluding hydrogens is 222 g/mol. The molecule has 2 heterocycles. The van der Waals surface area contributed by atoms with Crippen molar-refractivity contribution in [1.29, 1.82) is 0 Å². The number of hydrogen-bond donors (Lipinski definition) is 1. The van der Waals surface area contributed by atoms with Gasteiger partial charge in [-0.25, -0.2) is 9.78 Å². The first kappa shape index (κ1) is 10.9. The van der Waals surface area contributed by atoms with E-state index >= 15 is 0 Å². The number of thiophene rings is 1. The standard InChI is InChI=1S/C11H13N3OS/c1-8-3-4-10(16-8)9(2)13-11(15)14-6-5-12-7-14/h3-7,9H,1-2H3,(H,13,15). The molecule has 0 aliphatic rings. The van der Waals surface area contributed by atoms with Gasteiger partial charge in [0.1, 0.15) is 6.33 Å². The molecule has 84 valence electrons. The molecule has 0 saturated heterocycles. The van der Waals surface area contributed by atoms with Crippen molar-refractivity contribution >= 4 is 17.4 Å². The minimum atomic E-state index is -0.156. The highest BCUT2D eigenvalue weighted by Gasteiger charge is 2.11. The van der Waals surface area contributed by atoms with Gasteiger partial charge in [0, 0.05) is 22.1 Å². The molecule has 0 radical (unpaired) electrons. The van der Waals surface area contributed by atoms with Crippen molar-refractivity contribution in [2.75, 3.05) is 0 Å². The third kappa shape index (κ3) is 2.30. The molecule has 0 aromatic carbocycles. The average Bonchev–Trinajstić information content (AvgIpc) is 2.87. The van der Waals surface area contributed by atoms with Crippen LogP contribution >= 0.6 is 11.3 Å². The molecule has 1 atom stereocenters. The zero-order valence-corrected chi connectivity index (χ0v) is 9.99. The predicted octanol–water partition coefficient (Wildman–Crippen LogP) is 2.57. The van der Waals surface area contributed by atoms with Gasteiger partial charge in [-0.2, -0.15) is 0 Å². The molecule has 1 N–H and O–H groups in total. The summed E-state index contributed by atoms with van der Waals surface area (Å²) in [7, 11) is 0. The Kier molecular flexibility index (Phi) is 3.05. The summed E-state index contributed by atoms with van der Waals surface area (Å²) < 4.78 is 1.43. The van der Waals surface area contributed by atoms with E-state index in [-0.39, 0.29) is 12.1 Å². The normalized spacial score (nSPS) is 12.4. The summed E-state index contributed by atoms with van der Waals surface area (Å²) in [6, 6.07) is 3.96. The van der Waals surface area contributed by atoms with Crippen LogP contribution in [0.3, 0.4) is 0 Å². The summed E-state index contributed by atoms with van der Waals surface area (Å²) in [4.78, 5) is 18.0. The van der Waals surface area contributed by atoms with E-state index in [0.29, 0.717) is 0 Å². The van der Waals surface area contributed by atoms with Crippen LogP contribution in [0.4, 0.5) is 4.79 Å². The first-order valence-electron chi connectivity index (χ1n) is 5.02. The molecule has 0 saturated carbocycles. The van der Waals surface area contributed by atoms with Gasteiger partial charge in [0.15, 0.2) is 0 Å². The molecule has 2 aromatic rings. The van der Waals surface area contributed by atoms with Gasteiger partial charge in [0.2, 0.25) is 0 Å². The van der Waals surface area contributed by atoms with Crippen LogP contribution in [0, 0.1) is 6.92 Å². The lowest BCUT2D eigenvalue weighted by Crippen LogP contribution is -2.29. The highest BCUT2D eigenvalue weighted by molar-refractivity contribution is 7.12. The van der Waals surface area contributed by atoms with Crippen molar-refractivity contribution in [3.8, 4) is 0 Å². The van der Waals surface area contributed by atoms with Crippen LogP contribution in [0.2, 0.25) is 0 Å². The lowest BCUT2D eigenvalue weighted by Gasteiger charge is -2.11. The summed E-state index contributed by atoms with van der Waals surface area (Å²) >= 11 is 1.70. The fraction of sp³-hybridized carbons (Fsp3) is 0.273. The second-order valence-corrected chi connectivity index (χ2v) is 4.91. The molecule has 1 unspecified atom stereocenters. The minimum absolute atomic E-state index is 0.0219. The fourth-order valence-electron chi connectivity index (χ4n) is 1.40. The lowest BCUT2D eigenvalue weighted by molar-refractivity contribution is 0.239. The zero-order valence-electron chi connectivity index (χ0n) is 9.18. The number of aryl methyl sites for hydroxylation is 1. The van der Waals surface area contributed by atoms with E-state index < -0.39 is 0 Å². The molecule has 0 aliphatic heterocycles. The Morgan fingerprint density at radius 3 is 2.94 bits per heavy atom.